The van der Waals surface area contributed by atoms with Crippen LogP contribution >= 0.6 is 80.2 Å². The highest BCUT2D eigenvalue weighted by atomic mass is 79.9. The smallest absolute Gasteiger partial charge is 0.151 e. The SMILES string of the molecule is Br.Br.Cc1c(CSC(=N)N)sc2sc(CSC(=N)N)c(C)c12. The number of nitrogens with two attached hydrogens (primary N) is 2. The summed E-state index contributed by atoms with van der Waals surface area (Å²) >= 11 is 6.31. The molecule has 6 N–H and O–H groups in total. The molecule has 2 aromatic rings. The molecule has 0 unspecified atom stereocenters. The van der Waals surface area contributed by atoms with E-state index in [0.29, 0.717) is 0 Å². The van der Waals surface area contributed by atoms with Crippen LogP contribution in [0.3, 0.4) is 0 Å². The first-order chi connectivity index (χ1) is 9.40. The first-order valence-corrected chi connectivity index (χ1v) is 9.44. The van der Waals surface area contributed by atoms with E-state index in [9.17, 15) is 0 Å². The lowest BCUT2D eigenvalue weighted by atomic mass is 10.1. The van der Waals surface area contributed by atoms with Crippen LogP contribution in [0.4, 0.5) is 0 Å². The molecule has 10 heteroatoms. The maximum atomic E-state index is 7.30. The lowest BCUT2D eigenvalue weighted by Crippen LogP contribution is -2.03. The van der Waals surface area contributed by atoms with Gasteiger partial charge < -0.3 is 11.5 Å². The van der Waals surface area contributed by atoms with E-state index in [2.05, 4.69) is 13.8 Å². The van der Waals surface area contributed by atoms with Crippen LogP contribution in [-0.2, 0) is 11.5 Å². The number of rotatable bonds is 4. The van der Waals surface area contributed by atoms with E-state index in [0.717, 1.165) is 11.5 Å². The van der Waals surface area contributed by atoms with Crippen LogP contribution in [0.25, 0.3) is 9.40 Å². The molecule has 2 rings (SSSR count). The number of amidine groups is 2. The molecule has 0 aliphatic carbocycles. The van der Waals surface area contributed by atoms with Crippen molar-refractivity contribution in [2.24, 2.45) is 11.5 Å². The van der Waals surface area contributed by atoms with Crippen LogP contribution in [0, 0.1) is 24.7 Å². The lowest BCUT2D eigenvalue weighted by molar-refractivity contribution is 1.39. The lowest BCUT2D eigenvalue weighted by Gasteiger charge is -2.01. The predicted molar refractivity (Wildman–Crippen MR) is 116 cm³/mol. The average Bonchev–Trinajstić information content (AvgIpc) is 2.83. The second-order valence-corrected chi connectivity index (χ2v) is 8.77. The second kappa shape index (κ2) is 9.53. The minimum Gasteiger partial charge on any atom is -0.379 e. The summed E-state index contributed by atoms with van der Waals surface area (Å²) in [7, 11) is 0. The van der Waals surface area contributed by atoms with Crippen LogP contribution < -0.4 is 11.5 Å². The first kappa shape index (κ1) is 22.3. The topological polar surface area (TPSA) is 99.7 Å². The highest BCUT2D eigenvalue weighted by molar-refractivity contribution is 8.93. The molecule has 0 fully saturated rings. The molecule has 0 spiro atoms. The molecule has 0 aliphatic heterocycles. The van der Waals surface area contributed by atoms with Gasteiger partial charge in [0.15, 0.2) is 10.3 Å². The van der Waals surface area contributed by atoms with Gasteiger partial charge >= 0.3 is 0 Å². The summed E-state index contributed by atoms with van der Waals surface area (Å²) in [5, 5.41) is 16.3. The molecule has 0 aliphatic rings. The number of nitrogens with one attached hydrogen (secondary N) is 2. The molecule has 0 atom stereocenters. The van der Waals surface area contributed by atoms with E-state index in [1.807, 2.05) is 0 Å². The number of hydrogen-bond donors (Lipinski definition) is 4. The van der Waals surface area contributed by atoms with Gasteiger partial charge in [-0.25, -0.2) is 0 Å². The Hall–Kier alpha value is 0.260. The molecule has 4 nitrogen and oxygen atoms in total. The number of halogens is 2. The van der Waals surface area contributed by atoms with Crippen LogP contribution in [-0.4, -0.2) is 10.3 Å². The maximum absolute atomic E-state index is 7.30. The van der Waals surface area contributed by atoms with Crippen molar-refractivity contribution in [1.82, 2.24) is 0 Å². The van der Waals surface area contributed by atoms with Crippen molar-refractivity contribution in [3.05, 3.63) is 20.9 Å². The van der Waals surface area contributed by atoms with Crippen molar-refractivity contribution in [1.29, 1.82) is 10.8 Å². The fourth-order valence-corrected chi connectivity index (χ4v) is 6.30. The van der Waals surface area contributed by atoms with E-state index in [1.165, 1.54) is 53.8 Å². The number of fused-ring (bicyclic) bond motifs is 1. The minimum absolute atomic E-state index is 0. The molecule has 2 aromatic heterocycles. The summed E-state index contributed by atoms with van der Waals surface area (Å²) in [6, 6.07) is 0. The van der Waals surface area contributed by atoms with Gasteiger partial charge in [0.25, 0.3) is 0 Å². The third kappa shape index (κ3) is 5.13. The van der Waals surface area contributed by atoms with Gasteiger partial charge in [0.05, 0.1) is 4.01 Å². The van der Waals surface area contributed by atoms with Crippen molar-refractivity contribution >= 4 is 99.9 Å². The molecular weight excluding hydrogens is 488 g/mol. The van der Waals surface area contributed by atoms with Gasteiger partial charge in [-0.1, -0.05) is 23.5 Å². The summed E-state index contributed by atoms with van der Waals surface area (Å²) < 4.78 is 1.32. The fourth-order valence-electron chi connectivity index (χ4n) is 1.93. The van der Waals surface area contributed by atoms with E-state index < -0.39 is 0 Å². The third-order valence-electron chi connectivity index (χ3n) is 2.94. The van der Waals surface area contributed by atoms with Crippen LogP contribution in [0.15, 0.2) is 0 Å². The van der Waals surface area contributed by atoms with Crippen molar-refractivity contribution in [3.63, 3.8) is 0 Å². The Morgan fingerprint density at radius 2 is 1.27 bits per heavy atom. The summed E-state index contributed by atoms with van der Waals surface area (Å²) in [6.45, 7) is 4.27. The maximum Gasteiger partial charge on any atom is 0.151 e. The molecule has 0 amide bonds. The molecule has 0 aromatic carbocycles. The van der Waals surface area contributed by atoms with E-state index in [4.69, 9.17) is 22.3 Å². The van der Waals surface area contributed by atoms with Crippen LogP contribution in [0.2, 0.25) is 0 Å². The molecule has 124 valence electrons. The summed E-state index contributed by atoms with van der Waals surface area (Å²) in [6.07, 6.45) is 0. The number of thioether (sulfide) groups is 2. The van der Waals surface area contributed by atoms with Gasteiger partial charge in [-0.3, -0.25) is 10.8 Å². The van der Waals surface area contributed by atoms with Gasteiger partial charge in [0.2, 0.25) is 0 Å². The molecule has 0 saturated carbocycles. The number of thiophene rings is 2. The Labute approximate surface area is 167 Å². The molecule has 0 radical (unpaired) electrons. The second-order valence-electron chi connectivity index (χ2n) is 4.27. The van der Waals surface area contributed by atoms with Crippen molar-refractivity contribution in [3.8, 4) is 0 Å². The Bertz CT molecular complexity index is 627. The largest absolute Gasteiger partial charge is 0.379 e. The highest BCUT2D eigenvalue weighted by Gasteiger charge is 2.16. The first-order valence-electron chi connectivity index (χ1n) is 5.84. The molecular formula is C12H18Br2N4S4. The Morgan fingerprint density at radius 3 is 1.55 bits per heavy atom. The van der Waals surface area contributed by atoms with Gasteiger partial charge in [0.1, 0.15) is 0 Å². The average molecular weight is 506 g/mol. The third-order valence-corrected chi connectivity index (χ3v) is 7.47. The van der Waals surface area contributed by atoms with Gasteiger partial charge in [-0.15, -0.1) is 56.6 Å². The summed E-state index contributed by atoms with van der Waals surface area (Å²) in [5.41, 5.74) is 13.4. The van der Waals surface area contributed by atoms with E-state index in [-0.39, 0.29) is 44.3 Å². The standard InChI is InChI=1S/C12H16N4S4.2BrH/c1-5-7(3-17-11(13)14)19-10-9(5)6(2)8(20-10)4-18-12(15)16;;/h3-4H2,1-2H3,(H3,13,14)(H3,15,16);2*1H. The monoisotopic (exact) mass is 504 g/mol. The Balaban J connectivity index is 0.00000220. The van der Waals surface area contributed by atoms with E-state index >= 15 is 0 Å². The molecule has 2 heterocycles. The highest BCUT2D eigenvalue weighted by Crippen LogP contribution is 2.42. The van der Waals surface area contributed by atoms with Crippen molar-refractivity contribution in [2.75, 3.05) is 0 Å². The Kier molecular flexibility index (Phi) is 9.64. The summed E-state index contributed by atoms with van der Waals surface area (Å²) in [4.78, 5) is 2.58. The van der Waals surface area contributed by atoms with E-state index in [1.54, 1.807) is 22.7 Å². The van der Waals surface area contributed by atoms with Crippen molar-refractivity contribution in [2.45, 2.75) is 25.4 Å². The number of aryl methyl sites for hydroxylation is 2. The fraction of sp³-hybridized carbons (Fsp3) is 0.333. The Morgan fingerprint density at radius 1 is 0.909 bits per heavy atom. The quantitative estimate of drug-likeness (QED) is 0.347. The van der Waals surface area contributed by atoms with Crippen LogP contribution in [0.5, 0.6) is 0 Å². The van der Waals surface area contributed by atoms with Gasteiger partial charge in [-0.2, -0.15) is 0 Å². The van der Waals surface area contributed by atoms with Gasteiger partial charge in [0, 0.05) is 26.6 Å². The summed E-state index contributed by atoms with van der Waals surface area (Å²) in [5.74, 6) is 1.54. The minimum atomic E-state index is 0. The normalized spacial score (nSPS) is 10.1. The van der Waals surface area contributed by atoms with Crippen LogP contribution in [0.1, 0.15) is 20.9 Å². The zero-order valence-corrected chi connectivity index (χ0v) is 18.7. The molecule has 0 saturated heterocycles. The predicted octanol–water partition coefficient (Wildman–Crippen LogP) is 4.99. The zero-order valence-electron chi connectivity index (χ0n) is 12.0. The molecule has 22 heavy (non-hydrogen) atoms. The molecule has 0 bridgehead atoms. The van der Waals surface area contributed by atoms with Gasteiger partial charge in [-0.05, 0) is 25.0 Å². The number of hydrogen-bond acceptors (Lipinski definition) is 6. The zero-order chi connectivity index (χ0) is 14.9. The van der Waals surface area contributed by atoms with Crippen molar-refractivity contribution < 1.29 is 0 Å².